The lowest BCUT2D eigenvalue weighted by Crippen LogP contribution is -2.43. The number of benzene rings is 1. The van der Waals surface area contributed by atoms with Crippen molar-refractivity contribution in [3.05, 3.63) is 64.9 Å². The minimum atomic E-state index is -0.0349. The van der Waals surface area contributed by atoms with Gasteiger partial charge < -0.3 is 10.2 Å². The number of hydrogen-bond donors (Lipinski definition) is 1. The van der Waals surface area contributed by atoms with Gasteiger partial charge in [-0.05, 0) is 49.1 Å². The second-order valence-corrected chi connectivity index (χ2v) is 6.92. The van der Waals surface area contributed by atoms with Crippen LogP contribution in [-0.4, -0.2) is 41.3 Å². The Morgan fingerprint density at radius 1 is 1.19 bits per heavy atom. The SMILES string of the molecule is O=C(NCCc1cccc(Cl)c1)C1CCN(C(=O)c2cccnc2)CC1. The van der Waals surface area contributed by atoms with Crippen LogP contribution in [0.15, 0.2) is 48.8 Å². The Hall–Kier alpha value is -2.40. The van der Waals surface area contributed by atoms with Crippen LogP contribution in [-0.2, 0) is 11.2 Å². The molecule has 0 radical (unpaired) electrons. The summed E-state index contributed by atoms with van der Waals surface area (Å²) in [6, 6.07) is 11.2. The maximum Gasteiger partial charge on any atom is 0.255 e. The number of pyridine rings is 1. The second-order valence-electron chi connectivity index (χ2n) is 6.48. The van der Waals surface area contributed by atoms with Crippen LogP contribution in [0.25, 0.3) is 0 Å². The first-order valence-electron chi connectivity index (χ1n) is 8.85. The molecule has 1 fully saturated rings. The molecule has 0 unspecified atom stereocenters. The van der Waals surface area contributed by atoms with Gasteiger partial charge in [0.15, 0.2) is 0 Å². The molecule has 26 heavy (non-hydrogen) atoms. The number of carbonyl (C=O) groups is 2. The number of likely N-dealkylation sites (tertiary alicyclic amines) is 1. The molecule has 1 N–H and O–H groups in total. The Morgan fingerprint density at radius 3 is 2.69 bits per heavy atom. The van der Waals surface area contributed by atoms with Crippen molar-refractivity contribution in [3.63, 3.8) is 0 Å². The highest BCUT2D eigenvalue weighted by atomic mass is 35.5. The number of hydrogen-bond acceptors (Lipinski definition) is 3. The predicted molar refractivity (Wildman–Crippen MR) is 101 cm³/mol. The Labute approximate surface area is 158 Å². The summed E-state index contributed by atoms with van der Waals surface area (Å²) in [7, 11) is 0. The molecule has 136 valence electrons. The summed E-state index contributed by atoms with van der Waals surface area (Å²) >= 11 is 5.97. The molecule has 6 heteroatoms. The molecular formula is C20H22ClN3O2. The van der Waals surface area contributed by atoms with Crippen LogP contribution in [0.1, 0.15) is 28.8 Å². The maximum absolute atomic E-state index is 12.4. The highest BCUT2D eigenvalue weighted by molar-refractivity contribution is 6.30. The van der Waals surface area contributed by atoms with Crippen molar-refractivity contribution in [2.45, 2.75) is 19.3 Å². The molecule has 1 saturated heterocycles. The quantitative estimate of drug-likeness (QED) is 0.878. The summed E-state index contributed by atoms with van der Waals surface area (Å²) in [6.45, 7) is 1.79. The van der Waals surface area contributed by atoms with Crippen LogP contribution >= 0.6 is 11.6 Å². The lowest BCUT2D eigenvalue weighted by molar-refractivity contribution is -0.126. The lowest BCUT2D eigenvalue weighted by Gasteiger charge is -2.31. The van der Waals surface area contributed by atoms with Crippen LogP contribution in [0, 0.1) is 5.92 Å². The zero-order valence-electron chi connectivity index (χ0n) is 14.5. The van der Waals surface area contributed by atoms with Crippen molar-refractivity contribution in [1.29, 1.82) is 0 Å². The standard InChI is InChI=1S/C20H22ClN3O2/c21-18-5-1-3-15(13-18)6-10-23-19(25)16-7-11-24(12-8-16)20(26)17-4-2-9-22-14-17/h1-5,9,13-14,16H,6-8,10-12H2,(H,23,25). The van der Waals surface area contributed by atoms with Crippen LogP contribution in [0.4, 0.5) is 0 Å². The van der Waals surface area contributed by atoms with E-state index in [0.29, 0.717) is 43.1 Å². The molecule has 0 spiro atoms. The third-order valence-corrected chi connectivity index (χ3v) is 4.90. The van der Waals surface area contributed by atoms with Crippen molar-refractivity contribution in [2.75, 3.05) is 19.6 Å². The van der Waals surface area contributed by atoms with Crippen molar-refractivity contribution < 1.29 is 9.59 Å². The first-order valence-corrected chi connectivity index (χ1v) is 9.23. The number of aromatic nitrogens is 1. The number of carbonyl (C=O) groups excluding carboxylic acids is 2. The molecule has 0 atom stereocenters. The first-order chi connectivity index (χ1) is 12.6. The monoisotopic (exact) mass is 371 g/mol. The molecule has 1 aromatic heterocycles. The molecule has 1 aliphatic heterocycles. The van der Waals surface area contributed by atoms with Gasteiger partial charge in [0, 0.05) is 43.0 Å². The summed E-state index contributed by atoms with van der Waals surface area (Å²) in [6.07, 6.45) is 5.36. The molecule has 1 aliphatic rings. The largest absolute Gasteiger partial charge is 0.356 e. The van der Waals surface area contributed by atoms with Crippen molar-refractivity contribution >= 4 is 23.4 Å². The molecule has 2 amide bonds. The second kappa shape index (κ2) is 8.81. The van der Waals surface area contributed by atoms with E-state index >= 15 is 0 Å². The van der Waals surface area contributed by atoms with Gasteiger partial charge in [0.2, 0.25) is 5.91 Å². The van der Waals surface area contributed by atoms with E-state index in [1.807, 2.05) is 24.3 Å². The van der Waals surface area contributed by atoms with E-state index in [0.717, 1.165) is 12.0 Å². The average molecular weight is 372 g/mol. The van der Waals surface area contributed by atoms with E-state index in [9.17, 15) is 9.59 Å². The van der Waals surface area contributed by atoms with E-state index in [2.05, 4.69) is 10.3 Å². The summed E-state index contributed by atoms with van der Waals surface area (Å²) in [5, 5.41) is 3.71. The van der Waals surface area contributed by atoms with E-state index in [-0.39, 0.29) is 17.7 Å². The number of piperidine rings is 1. The van der Waals surface area contributed by atoms with Gasteiger partial charge in [-0.15, -0.1) is 0 Å². The minimum Gasteiger partial charge on any atom is -0.356 e. The summed E-state index contributed by atoms with van der Waals surface area (Å²) in [5.74, 6) is 0.0192. The fraction of sp³-hybridized carbons (Fsp3) is 0.350. The van der Waals surface area contributed by atoms with Crippen LogP contribution < -0.4 is 5.32 Å². The fourth-order valence-corrected chi connectivity index (χ4v) is 3.40. The van der Waals surface area contributed by atoms with Gasteiger partial charge in [0.25, 0.3) is 5.91 Å². The molecule has 0 aliphatic carbocycles. The van der Waals surface area contributed by atoms with E-state index in [1.54, 1.807) is 29.4 Å². The van der Waals surface area contributed by atoms with Gasteiger partial charge in [-0.25, -0.2) is 0 Å². The van der Waals surface area contributed by atoms with Gasteiger partial charge in [0.05, 0.1) is 5.56 Å². The predicted octanol–water partition coefficient (Wildman–Crippen LogP) is 2.95. The van der Waals surface area contributed by atoms with E-state index in [1.165, 1.54) is 0 Å². The summed E-state index contributed by atoms with van der Waals surface area (Å²) in [4.78, 5) is 30.5. The Balaban J connectivity index is 1.43. The number of nitrogens with one attached hydrogen (secondary N) is 1. The first kappa shape index (κ1) is 18.4. The third kappa shape index (κ3) is 4.82. The van der Waals surface area contributed by atoms with Crippen LogP contribution in [0.3, 0.4) is 0 Å². The van der Waals surface area contributed by atoms with Crippen molar-refractivity contribution in [2.24, 2.45) is 5.92 Å². The molecule has 2 aromatic rings. The smallest absolute Gasteiger partial charge is 0.255 e. The molecule has 5 nitrogen and oxygen atoms in total. The van der Waals surface area contributed by atoms with Crippen LogP contribution in [0.2, 0.25) is 5.02 Å². The van der Waals surface area contributed by atoms with E-state index < -0.39 is 0 Å². The van der Waals surface area contributed by atoms with Gasteiger partial charge in [-0.2, -0.15) is 0 Å². The highest BCUT2D eigenvalue weighted by Crippen LogP contribution is 2.19. The lowest BCUT2D eigenvalue weighted by atomic mass is 9.95. The van der Waals surface area contributed by atoms with Gasteiger partial charge in [0.1, 0.15) is 0 Å². The number of halogens is 1. The highest BCUT2D eigenvalue weighted by Gasteiger charge is 2.27. The van der Waals surface area contributed by atoms with Gasteiger partial charge in [-0.1, -0.05) is 23.7 Å². The number of nitrogens with zero attached hydrogens (tertiary/aromatic N) is 2. The Kier molecular flexibility index (Phi) is 6.23. The Morgan fingerprint density at radius 2 is 2.00 bits per heavy atom. The molecule has 0 bridgehead atoms. The molecule has 1 aromatic carbocycles. The molecule has 2 heterocycles. The molecular weight excluding hydrogens is 350 g/mol. The molecule has 0 saturated carbocycles. The number of amides is 2. The Bertz CT molecular complexity index is 759. The molecule has 3 rings (SSSR count). The van der Waals surface area contributed by atoms with Gasteiger partial charge in [-0.3, -0.25) is 14.6 Å². The zero-order chi connectivity index (χ0) is 18.4. The minimum absolute atomic E-state index is 0.0158. The summed E-state index contributed by atoms with van der Waals surface area (Å²) < 4.78 is 0. The zero-order valence-corrected chi connectivity index (χ0v) is 15.3. The third-order valence-electron chi connectivity index (χ3n) is 4.66. The van der Waals surface area contributed by atoms with Crippen molar-refractivity contribution in [1.82, 2.24) is 15.2 Å². The normalized spacial score (nSPS) is 14.9. The van der Waals surface area contributed by atoms with Crippen molar-refractivity contribution in [3.8, 4) is 0 Å². The summed E-state index contributed by atoms with van der Waals surface area (Å²) in [5.41, 5.74) is 1.70. The number of rotatable bonds is 5. The topological polar surface area (TPSA) is 62.3 Å². The van der Waals surface area contributed by atoms with Gasteiger partial charge >= 0.3 is 0 Å². The van der Waals surface area contributed by atoms with Crippen LogP contribution in [0.5, 0.6) is 0 Å². The maximum atomic E-state index is 12.4. The fourth-order valence-electron chi connectivity index (χ4n) is 3.18. The van der Waals surface area contributed by atoms with E-state index in [4.69, 9.17) is 11.6 Å². The average Bonchev–Trinajstić information content (AvgIpc) is 2.68.